The molecule has 1 aliphatic carbocycles. The quantitative estimate of drug-likeness (QED) is 0.574. The molecule has 0 fully saturated rings. The molecule has 0 saturated carbocycles. The second-order valence-corrected chi connectivity index (χ2v) is 5.08. The Bertz CT molecular complexity index is 529. The first-order chi connectivity index (χ1) is 8.13. The zero-order valence-electron chi connectivity index (χ0n) is 8.92. The van der Waals surface area contributed by atoms with Gasteiger partial charge in [0.2, 0.25) is 0 Å². The van der Waals surface area contributed by atoms with E-state index in [1.807, 2.05) is 18.2 Å². The largest absolute Gasteiger partial charge is 0.457 e. The van der Waals surface area contributed by atoms with Gasteiger partial charge in [-0.15, -0.1) is 4.83 Å². The Labute approximate surface area is 99.1 Å². The van der Waals surface area contributed by atoms with Gasteiger partial charge in [0.15, 0.2) is 5.76 Å². The van der Waals surface area contributed by atoms with Gasteiger partial charge in [-0.3, -0.25) is 5.84 Å². The van der Waals surface area contributed by atoms with Crippen molar-refractivity contribution in [3.05, 3.63) is 47.2 Å². The summed E-state index contributed by atoms with van der Waals surface area (Å²) < 4.78 is 32.7. The average Bonchev–Trinajstić information content (AvgIpc) is 2.40. The first-order valence-electron chi connectivity index (χ1n) is 4.95. The van der Waals surface area contributed by atoms with Crippen molar-refractivity contribution in [3.8, 4) is 0 Å². The maximum absolute atomic E-state index is 11.3. The van der Waals surface area contributed by atoms with Crippen molar-refractivity contribution in [1.29, 1.82) is 0 Å². The summed E-state index contributed by atoms with van der Waals surface area (Å²) in [6, 6.07) is 0. The fourth-order valence-corrected chi connectivity index (χ4v) is 1.89. The first kappa shape index (κ1) is 11.9. The van der Waals surface area contributed by atoms with Gasteiger partial charge in [0, 0.05) is 0 Å². The molecule has 0 saturated heterocycles. The Morgan fingerprint density at radius 3 is 2.65 bits per heavy atom. The molecule has 92 valence electrons. The number of nitrogens with one attached hydrogen (secondary N) is 1. The fraction of sp³-hybridized carbons (Fsp3) is 0.200. The molecule has 0 radical (unpaired) electrons. The number of hydrogen-bond donors (Lipinski definition) is 2. The Kier molecular flexibility index (Phi) is 3.32. The second-order valence-electron chi connectivity index (χ2n) is 3.43. The molecule has 0 unspecified atom stereocenters. The van der Waals surface area contributed by atoms with Gasteiger partial charge in [0.25, 0.3) is 15.1 Å². The molecule has 0 aromatic heterocycles. The minimum absolute atomic E-state index is 0.365. The van der Waals surface area contributed by atoms with E-state index in [1.165, 1.54) is 6.26 Å². The van der Waals surface area contributed by atoms with E-state index in [4.69, 9.17) is 15.3 Å². The van der Waals surface area contributed by atoms with Crippen LogP contribution >= 0.6 is 0 Å². The number of nitrogens with two attached hydrogens (primary N) is 1. The minimum atomic E-state index is -3.81. The van der Waals surface area contributed by atoms with Crippen LogP contribution in [0.5, 0.6) is 0 Å². The van der Waals surface area contributed by atoms with Crippen molar-refractivity contribution in [2.75, 3.05) is 0 Å². The molecule has 0 bridgehead atoms. The van der Waals surface area contributed by atoms with Crippen LogP contribution in [0.4, 0.5) is 0 Å². The summed E-state index contributed by atoms with van der Waals surface area (Å²) in [4.78, 5) is 1.65. The van der Waals surface area contributed by atoms with Gasteiger partial charge in [-0.2, -0.15) is 0 Å². The van der Waals surface area contributed by atoms with Crippen molar-refractivity contribution in [3.63, 3.8) is 0 Å². The number of allylic oxidation sites excluding steroid dienone is 4. The lowest BCUT2D eigenvalue weighted by Crippen LogP contribution is -2.32. The van der Waals surface area contributed by atoms with Gasteiger partial charge in [-0.25, -0.2) is 8.42 Å². The average molecular weight is 256 g/mol. The zero-order valence-corrected chi connectivity index (χ0v) is 9.74. The molecule has 1 aliphatic heterocycles. The fourth-order valence-electron chi connectivity index (χ4n) is 1.42. The van der Waals surface area contributed by atoms with Crippen molar-refractivity contribution in [1.82, 2.24) is 4.83 Å². The van der Waals surface area contributed by atoms with Crippen LogP contribution in [0.15, 0.2) is 47.2 Å². The van der Waals surface area contributed by atoms with Gasteiger partial charge < -0.3 is 9.47 Å². The van der Waals surface area contributed by atoms with E-state index in [2.05, 4.69) is 0 Å². The van der Waals surface area contributed by atoms with Crippen LogP contribution in [-0.2, 0) is 19.5 Å². The highest BCUT2D eigenvalue weighted by atomic mass is 32.2. The second kappa shape index (κ2) is 4.74. The lowest BCUT2D eigenvalue weighted by molar-refractivity contribution is 0.250. The molecule has 0 atom stereocenters. The third-order valence-electron chi connectivity index (χ3n) is 2.31. The van der Waals surface area contributed by atoms with E-state index in [9.17, 15) is 8.42 Å². The third-order valence-corrected chi connectivity index (χ3v) is 3.35. The summed E-state index contributed by atoms with van der Waals surface area (Å²) in [5.74, 6) is 5.36. The standard InChI is InChI=1S/C10H12N2O4S/c11-12-17(13,14)10-7-15-9(6-16-10)8-4-2-1-3-5-8/h1-2,4,6-7,12H,3,5,11H2. The molecule has 3 N–H and O–H groups in total. The molecule has 17 heavy (non-hydrogen) atoms. The predicted molar refractivity (Wildman–Crippen MR) is 61.0 cm³/mol. The highest BCUT2D eigenvalue weighted by molar-refractivity contribution is 7.93. The topological polar surface area (TPSA) is 90.7 Å². The van der Waals surface area contributed by atoms with Gasteiger partial charge in [0.1, 0.15) is 12.5 Å². The Balaban J connectivity index is 2.11. The van der Waals surface area contributed by atoms with Crippen molar-refractivity contribution < 1.29 is 17.9 Å². The number of hydrazine groups is 1. The van der Waals surface area contributed by atoms with Gasteiger partial charge in [0.05, 0.1) is 0 Å². The van der Waals surface area contributed by atoms with Crippen LogP contribution in [0.1, 0.15) is 12.8 Å². The van der Waals surface area contributed by atoms with Crippen LogP contribution in [0.25, 0.3) is 0 Å². The molecular formula is C10H12N2O4S. The maximum atomic E-state index is 11.3. The van der Waals surface area contributed by atoms with E-state index < -0.39 is 10.0 Å². The number of hydrogen-bond acceptors (Lipinski definition) is 5. The Morgan fingerprint density at radius 2 is 2.12 bits per heavy atom. The van der Waals surface area contributed by atoms with Gasteiger partial charge in [-0.05, 0) is 18.4 Å². The van der Waals surface area contributed by atoms with Crippen molar-refractivity contribution >= 4 is 10.0 Å². The highest BCUT2D eigenvalue weighted by Crippen LogP contribution is 2.25. The Hall–Kier alpha value is -1.57. The number of sulfonamides is 1. The van der Waals surface area contributed by atoms with Crippen LogP contribution in [0.3, 0.4) is 0 Å². The van der Waals surface area contributed by atoms with Crippen LogP contribution in [0.2, 0.25) is 0 Å². The minimum Gasteiger partial charge on any atom is -0.457 e. The molecule has 2 rings (SSSR count). The summed E-state index contributed by atoms with van der Waals surface area (Å²) in [6.07, 6.45) is 9.88. The summed E-state index contributed by atoms with van der Waals surface area (Å²) in [6.45, 7) is 0. The summed E-state index contributed by atoms with van der Waals surface area (Å²) in [5.41, 5.74) is 0.959. The molecule has 0 aromatic rings. The monoisotopic (exact) mass is 256 g/mol. The molecule has 1 heterocycles. The molecule has 0 aromatic carbocycles. The van der Waals surface area contributed by atoms with Gasteiger partial charge in [-0.1, -0.05) is 18.2 Å². The number of ether oxygens (including phenoxy) is 2. The lowest BCUT2D eigenvalue weighted by atomic mass is 10.0. The summed E-state index contributed by atoms with van der Waals surface area (Å²) >= 11 is 0. The molecule has 0 amide bonds. The number of rotatable bonds is 3. The van der Waals surface area contributed by atoms with E-state index >= 15 is 0 Å². The predicted octanol–water partition coefficient (Wildman–Crippen LogP) is 0.743. The third kappa shape index (κ3) is 2.57. The van der Waals surface area contributed by atoms with Crippen molar-refractivity contribution in [2.45, 2.75) is 12.8 Å². The zero-order chi connectivity index (χ0) is 12.3. The first-order valence-corrected chi connectivity index (χ1v) is 6.44. The van der Waals surface area contributed by atoms with Crippen LogP contribution in [-0.4, -0.2) is 8.42 Å². The smallest absolute Gasteiger partial charge is 0.289 e. The summed E-state index contributed by atoms with van der Waals surface area (Å²) in [5, 5.41) is -0.365. The Morgan fingerprint density at radius 1 is 1.29 bits per heavy atom. The highest BCUT2D eigenvalue weighted by Gasteiger charge is 2.22. The van der Waals surface area contributed by atoms with Crippen LogP contribution < -0.4 is 10.7 Å². The maximum Gasteiger partial charge on any atom is 0.289 e. The lowest BCUT2D eigenvalue weighted by Gasteiger charge is -2.17. The summed E-state index contributed by atoms with van der Waals surface area (Å²) in [7, 11) is -3.81. The molecular weight excluding hydrogens is 244 g/mol. The molecule has 7 heteroatoms. The van der Waals surface area contributed by atoms with E-state index in [1.54, 1.807) is 4.83 Å². The van der Waals surface area contributed by atoms with E-state index in [0.29, 0.717) is 5.76 Å². The molecule has 0 spiro atoms. The normalized spacial score (nSPS) is 19.7. The van der Waals surface area contributed by atoms with E-state index in [0.717, 1.165) is 24.7 Å². The molecule has 2 aliphatic rings. The van der Waals surface area contributed by atoms with Crippen LogP contribution in [0, 0.1) is 0 Å². The molecule has 6 nitrogen and oxygen atoms in total. The van der Waals surface area contributed by atoms with E-state index in [-0.39, 0.29) is 5.09 Å². The van der Waals surface area contributed by atoms with Crippen molar-refractivity contribution in [2.24, 2.45) is 5.84 Å². The van der Waals surface area contributed by atoms with Gasteiger partial charge >= 0.3 is 0 Å². The SMILES string of the molecule is NNS(=O)(=O)C1=COC(C2=CC=CCC2)=CO1.